The predicted molar refractivity (Wildman–Crippen MR) is 78.3 cm³/mol. The van der Waals surface area contributed by atoms with Gasteiger partial charge in [-0.05, 0) is 37.1 Å². The summed E-state index contributed by atoms with van der Waals surface area (Å²) in [7, 11) is 1.88. The Kier molecular flexibility index (Phi) is 4.43. The molecule has 0 saturated carbocycles. The van der Waals surface area contributed by atoms with Crippen LogP contribution in [-0.2, 0) is 11.2 Å². The number of amides is 1. The quantitative estimate of drug-likeness (QED) is 0.887. The smallest absolute Gasteiger partial charge is 0.242 e. The Hall–Kier alpha value is -1.55. The number of aryl methyl sites for hydroxylation is 1. The topological polar surface area (TPSA) is 49.6 Å². The van der Waals surface area contributed by atoms with Crippen molar-refractivity contribution in [3.63, 3.8) is 0 Å². The number of benzene rings is 1. The second-order valence-electron chi connectivity index (χ2n) is 5.14. The van der Waals surface area contributed by atoms with E-state index >= 15 is 0 Å². The second kappa shape index (κ2) is 6.06. The van der Waals surface area contributed by atoms with Crippen LogP contribution in [-0.4, -0.2) is 43.5 Å². The van der Waals surface area contributed by atoms with Gasteiger partial charge in [0.1, 0.15) is 0 Å². The number of carbonyl (C=O) groups excluding carboxylic acids is 1. The molecule has 0 radical (unpaired) electrons. The number of carbonyl (C=O) groups is 1. The van der Waals surface area contributed by atoms with Crippen molar-refractivity contribution in [3.8, 4) is 0 Å². The molecule has 1 aliphatic rings. The van der Waals surface area contributed by atoms with E-state index in [0.717, 1.165) is 25.1 Å². The maximum Gasteiger partial charge on any atom is 0.242 e. The van der Waals surface area contributed by atoms with Gasteiger partial charge in [-0.25, -0.2) is 0 Å². The van der Waals surface area contributed by atoms with Crippen LogP contribution in [0.5, 0.6) is 0 Å². The first-order valence-corrected chi connectivity index (χ1v) is 6.95. The fraction of sp³-hybridized carbons (Fsp3) is 0.533. The Balaban J connectivity index is 2.12. The van der Waals surface area contributed by atoms with Gasteiger partial charge in [-0.15, -0.1) is 0 Å². The summed E-state index contributed by atoms with van der Waals surface area (Å²) in [5.41, 5.74) is 8.08. The monoisotopic (exact) mass is 261 g/mol. The highest BCUT2D eigenvalue weighted by molar-refractivity contribution is 5.83. The molecule has 4 heteroatoms. The lowest BCUT2D eigenvalue weighted by Gasteiger charge is -2.40. The van der Waals surface area contributed by atoms with Crippen LogP contribution in [0, 0.1) is 0 Å². The average molecular weight is 261 g/mol. The van der Waals surface area contributed by atoms with Gasteiger partial charge in [0.05, 0.1) is 12.6 Å². The molecule has 104 valence electrons. The van der Waals surface area contributed by atoms with Gasteiger partial charge in [0.25, 0.3) is 0 Å². The summed E-state index contributed by atoms with van der Waals surface area (Å²) in [5.74, 6) is 0.171. The van der Waals surface area contributed by atoms with E-state index in [0.29, 0.717) is 13.1 Å². The van der Waals surface area contributed by atoms with Crippen LogP contribution in [0.15, 0.2) is 24.3 Å². The van der Waals surface area contributed by atoms with Crippen molar-refractivity contribution in [1.82, 2.24) is 4.90 Å². The molecule has 2 rings (SSSR count). The molecule has 0 aromatic heterocycles. The Morgan fingerprint density at radius 2 is 2.00 bits per heavy atom. The lowest BCUT2D eigenvalue weighted by Crippen LogP contribution is -2.55. The van der Waals surface area contributed by atoms with Gasteiger partial charge >= 0.3 is 0 Å². The van der Waals surface area contributed by atoms with Crippen LogP contribution in [0.4, 0.5) is 5.69 Å². The number of anilines is 1. The summed E-state index contributed by atoms with van der Waals surface area (Å²) in [5, 5.41) is 0. The number of nitrogens with two attached hydrogens (primary N) is 1. The number of rotatable bonds is 4. The van der Waals surface area contributed by atoms with Gasteiger partial charge < -0.3 is 15.5 Å². The second-order valence-corrected chi connectivity index (χ2v) is 5.14. The Morgan fingerprint density at radius 1 is 1.32 bits per heavy atom. The van der Waals surface area contributed by atoms with Crippen LogP contribution in [0.3, 0.4) is 0 Å². The lowest BCUT2D eigenvalue weighted by atomic mass is 10.1. The molecule has 0 spiro atoms. The number of piperazine rings is 1. The minimum atomic E-state index is 0.171. The third-order valence-corrected chi connectivity index (χ3v) is 3.91. The molecule has 1 heterocycles. The first-order valence-electron chi connectivity index (χ1n) is 6.95. The maximum atomic E-state index is 12.0. The number of likely N-dealkylation sites (N-methyl/N-ethyl adjacent to an activating group) is 1. The van der Waals surface area contributed by atoms with Gasteiger partial charge in [0.2, 0.25) is 5.91 Å². The highest BCUT2D eigenvalue weighted by Crippen LogP contribution is 2.21. The molecule has 1 saturated heterocycles. The number of hydrogen-bond acceptors (Lipinski definition) is 3. The van der Waals surface area contributed by atoms with E-state index in [-0.39, 0.29) is 11.9 Å². The molecule has 1 atom stereocenters. The minimum absolute atomic E-state index is 0.171. The maximum absolute atomic E-state index is 12.0. The predicted octanol–water partition coefficient (Wildman–Crippen LogP) is 1.24. The van der Waals surface area contributed by atoms with Crippen LogP contribution < -0.4 is 10.6 Å². The van der Waals surface area contributed by atoms with E-state index in [1.165, 1.54) is 5.56 Å². The molecule has 1 aliphatic heterocycles. The van der Waals surface area contributed by atoms with Gasteiger partial charge in [0, 0.05) is 19.3 Å². The zero-order valence-electron chi connectivity index (χ0n) is 11.8. The molecule has 1 fully saturated rings. The Bertz CT molecular complexity index is 430. The summed E-state index contributed by atoms with van der Waals surface area (Å²) < 4.78 is 0. The molecule has 1 aromatic carbocycles. The summed E-state index contributed by atoms with van der Waals surface area (Å²) >= 11 is 0. The molecular formula is C15H23N3O. The van der Waals surface area contributed by atoms with Crippen molar-refractivity contribution >= 4 is 11.6 Å². The standard InChI is InChI=1S/C15H23N3O/c1-3-12-4-6-13(7-5-12)18-10-14(8-9-16)17(2)15(19)11-18/h4-7,14H,3,8-11,16H2,1-2H3. The molecule has 0 bridgehead atoms. The van der Waals surface area contributed by atoms with Crippen molar-refractivity contribution in [2.45, 2.75) is 25.8 Å². The molecule has 4 nitrogen and oxygen atoms in total. The summed E-state index contributed by atoms with van der Waals surface area (Å²) in [4.78, 5) is 16.0. The normalized spacial score (nSPS) is 19.9. The van der Waals surface area contributed by atoms with Crippen molar-refractivity contribution < 1.29 is 4.79 Å². The third kappa shape index (κ3) is 3.07. The first-order chi connectivity index (χ1) is 9.15. The molecule has 1 unspecified atom stereocenters. The molecule has 19 heavy (non-hydrogen) atoms. The van der Waals surface area contributed by atoms with Crippen molar-refractivity contribution in [2.24, 2.45) is 5.73 Å². The van der Waals surface area contributed by atoms with E-state index in [4.69, 9.17) is 5.73 Å². The zero-order chi connectivity index (χ0) is 13.8. The summed E-state index contributed by atoms with van der Waals surface area (Å²) in [6.07, 6.45) is 1.89. The highest BCUT2D eigenvalue weighted by atomic mass is 16.2. The van der Waals surface area contributed by atoms with E-state index in [9.17, 15) is 4.79 Å². The van der Waals surface area contributed by atoms with E-state index in [2.05, 4.69) is 36.1 Å². The van der Waals surface area contributed by atoms with Crippen LogP contribution in [0.1, 0.15) is 18.9 Å². The van der Waals surface area contributed by atoms with Crippen LogP contribution >= 0.6 is 0 Å². The summed E-state index contributed by atoms with van der Waals surface area (Å²) in [6.45, 7) is 4.09. The van der Waals surface area contributed by atoms with E-state index in [1.807, 2.05) is 11.9 Å². The highest BCUT2D eigenvalue weighted by Gasteiger charge is 2.29. The van der Waals surface area contributed by atoms with E-state index in [1.54, 1.807) is 0 Å². The Labute approximate surface area is 115 Å². The fourth-order valence-corrected chi connectivity index (χ4v) is 2.54. The van der Waals surface area contributed by atoms with Crippen molar-refractivity contribution in [2.75, 3.05) is 31.6 Å². The molecule has 2 N–H and O–H groups in total. The van der Waals surface area contributed by atoms with Gasteiger partial charge in [-0.2, -0.15) is 0 Å². The van der Waals surface area contributed by atoms with Crippen molar-refractivity contribution in [1.29, 1.82) is 0 Å². The van der Waals surface area contributed by atoms with Gasteiger partial charge in [-0.3, -0.25) is 4.79 Å². The molecule has 1 aromatic rings. The minimum Gasteiger partial charge on any atom is -0.360 e. The number of nitrogens with zero attached hydrogens (tertiary/aromatic N) is 2. The zero-order valence-corrected chi connectivity index (χ0v) is 11.8. The van der Waals surface area contributed by atoms with Crippen LogP contribution in [0.2, 0.25) is 0 Å². The van der Waals surface area contributed by atoms with Crippen molar-refractivity contribution in [3.05, 3.63) is 29.8 Å². The van der Waals surface area contributed by atoms with Gasteiger partial charge in [0.15, 0.2) is 0 Å². The molecule has 1 amide bonds. The molecular weight excluding hydrogens is 238 g/mol. The van der Waals surface area contributed by atoms with E-state index < -0.39 is 0 Å². The first kappa shape index (κ1) is 13.9. The largest absolute Gasteiger partial charge is 0.360 e. The van der Waals surface area contributed by atoms with Gasteiger partial charge in [-0.1, -0.05) is 19.1 Å². The number of hydrogen-bond donors (Lipinski definition) is 1. The third-order valence-electron chi connectivity index (χ3n) is 3.91. The summed E-state index contributed by atoms with van der Waals surface area (Å²) in [6, 6.07) is 8.71. The Morgan fingerprint density at radius 3 is 2.58 bits per heavy atom. The van der Waals surface area contributed by atoms with Crippen LogP contribution in [0.25, 0.3) is 0 Å². The lowest BCUT2D eigenvalue weighted by molar-refractivity contribution is -0.132. The average Bonchev–Trinajstić information content (AvgIpc) is 2.44. The SMILES string of the molecule is CCc1ccc(N2CC(=O)N(C)C(CCN)C2)cc1. The fourth-order valence-electron chi connectivity index (χ4n) is 2.54. The molecule has 0 aliphatic carbocycles.